The summed E-state index contributed by atoms with van der Waals surface area (Å²) in [5.41, 5.74) is 8.56. The Balaban J connectivity index is 1.62. The molecular formula is C23H24N3O2P. The monoisotopic (exact) mass is 405 g/mol. The fourth-order valence-corrected chi connectivity index (χ4v) is 3.92. The molecule has 1 amide bonds. The van der Waals surface area contributed by atoms with Crippen LogP contribution in [0, 0.1) is 0 Å². The third-order valence-electron chi connectivity index (χ3n) is 5.24. The van der Waals surface area contributed by atoms with E-state index in [1.54, 1.807) is 6.07 Å². The molecule has 1 aliphatic heterocycles. The van der Waals surface area contributed by atoms with Crippen molar-refractivity contribution >= 4 is 15.3 Å². The zero-order valence-electron chi connectivity index (χ0n) is 16.1. The number of nitrogens with zero attached hydrogens (tertiary/aromatic N) is 2. The van der Waals surface area contributed by atoms with E-state index in [4.69, 9.17) is 15.5 Å². The van der Waals surface area contributed by atoms with E-state index < -0.39 is 5.91 Å². The van der Waals surface area contributed by atoms with Crippen molar-refractivity contribution in [2.45, 2.75) is 18.8 Å². The number of hydrogen-bond acceptors (Lipinski definition) is 4. The van der Waals surface area contributed by atoms with Gasteiger partial charge >= 0.3 is 0 Å². The lowest BCUT2D eigenvalue weighted by Crippen LogP contribution is -2.25. The van der Waals surface area contributed by atoms with Crippen LogP contribution in [0.1, 0.15) is 34.8 Å². The Kier molecular flexibility index (Phi) is 5.89. The van der Waals surface area contributed by atoms with Crippen LogP contribution < -0.4 is 10.5 Å². The summed E-state index contributed by atoms with van der Waals surface area (Å²) in [5, 5.41) is 0. The van der Waals surface area contributed by atoms with Crippen LogP contribution >= 0.6 is 9.39 Å². The number of piperidine rings is 1. The van der Waals surface area contributed by atoms with Gasteiger partial charge in [0.05, 0.1) is 11.3 Å². The van der Waals surface area contributed by atoms with Gasteiger partial charge < -0.3 is 10.5 Å². The van der Waals surface area contributed by atoms with Crippen molar-refractivity contribution in [2.24, 2.45) is 5.73 Å². The highest BCUT2D eigenvalue weighted by atomic mass is 31.0. The number of carbonyl (C=O) groups excluding carboxylic acids is 1. The van der Waals surface area contributed by atoms with Gasteiger partial charge in [0.2, 0.25) is 0 Å². The number of primary amides is 1. The predicted molar refractivity (Wildman–Crippen MR) is 118 cm³/mol. The summed E-state index contributed by atoms with van der Waals surface area (Å²) in [5.74, 6) is 1.43. The molecule has 0 spiro atoms. The third kappa shape index (κ3) is 4.64. The Labute approximate surface area is 173 Å². The van der Waals surface area contributed by atoms with E-state index in [1.165, 1.54) is 0 Å². The smallest absolute Gasteiger partial charge is 0.250 e. The molecule has 1 unspecified atom stereocenters. The molecule has 2 aromatic carbocycles. The largest absolute Gasteiger partial charge is 0.457 e. The van der Waals surface area contributed by atoms with Crippen molar-refractivity contribution in [3.63, 3.8) is 0 Å². The minimum absolute atomic E-state index is 0.396. The molecule has 0 bridgehead atoms. The van der Waals surface area contributed by atoms with Gasteiger partial charge in [0.15, 0.2) is 0 Å². The second-order valence-corrected chi connectivity index (χ2v) is 7.98. The van der Waals surface area contributed by atoms with Crippen molar-refractivity contribution < 1.29 is 9.53 Å². The van der Waals surface area contributed by atoms with Crippen LogP contribution in [0.15, 0.2) is 66.7 Å². The molecule has 29 heavy (non-hydrogen) atoms. The normalized spacial score (nSPS) is 15.2. The van der Waals surface area contributed by atoms with E-state index in [0.29, 0.717) is 17.2 Å². The van der Waals surface area contributed by atoms with Crippen LogP contribution in [0.3, 0.4) is 0 Å². The Morgan fingerprint density at radius 2 is 1.62 bits per heavy atom. The highest BCUT2D eigenvalue weighted by molar-refractivity contribution is 7.13. The summed E-state index contributed by atoms with van der Waals surface area (Å²) >= 11 is 0. The Hall–Kier alpha value is -2.75. The van der Waals surface area contributed by atoms with Crippen LogP contribution in [0.4, 0.5) is 0 Å². The minimum Gasteiger partial charge on any atom is -0.457 e. The maximum Gasteiger partial charge on any atom is 0.250 e. The first-order valence-corrected chi connectivity index (χ1v) is 10.3. The molecule has 148 valence electrons. The summed E-state index contributed by atoms with van der Waals surface area (Å²) in [6, 6.07) is 21.0. The molecular weight excluding hydrogens is 381 g/mol. The van der Waals surface area contributed by atoms with Gasteiger partial charge in [-0.05, 0) is 61.4 Å². The molecule has 1 atom stereocenters. The van der Waals surface area contributed by atoms with E-state index in [-0.39, 0.29) is 0 Å². The molecule has 2 N–H and O–H groups in total. The maximum atomic E-state index is 12.0. The molecule has 1 aromatic heterocycles. The molecule has 0 saturated carbocycles. The lowest BCUT2D eigenvalue weighted by Gasteiger charge is -2.28. The molecule has 0 aliphatic carbocycles. The Morgan fingerprint density at radius 3 is 2.28 bits per heavy atom. The van der Waals surface area contributed by atoms with E-state index in [9.17, 15) is 4.79 Å². The summed E-state index contributed by atoms with van der Waals surface area (Å²) in [4.78, 5) is 16.8. The first-order valence-electron chi connectivity index (χ1n) is 9.74. The van der Waals surface area contributed by atoms with Gasteiger partial charge in [0, 0.05) is 30.3 Å². The molecule has 2 heterocycles. The molecule has 4 rings (SSSR count). The third-order valence-corrected chi connectivity index (χ3v) is 5.75. The highest BCUT2D eigenvalue weighted by Crippen LogP contribution is 2.32. The van der Waals surface area contributed by atoms with Crippen LogP contribution in [0.25, 0.3) is 11.3 Å². The molecule has 1 fully saturated rings. The summed E-state index contributed by atoms with van der Waals surface area (Å²) < 4.78 is 8.11. The maximum absolute atomic E-state index is 12.0. The van der Waals surface area contributed by atoms with Crippen LogP contribution in [-0.4, -0.2) is 28.7 Å². The number of para-hydroxylation sites is 1. The molecule has 1 saturated heterocycles. The van der Waals surface area contributed by atoms with Crippen molar-refractivity contribution in [2.75, 3.05) is 13.1 Å². The topological polar surface area (TPSA) is 68.5 Å². The molecule has 3 aromatic rings. The minimum atomic E-state index is -0.469. The van der Waals surface area contributed by atoms with Crippen LogP contribution in [-0.2, 0) is 0 Å². The summed E-state index contributed by atoms with van der Waals surface area (Å²) in [6.07, 6.45) is 2.10. The number of amides is 1. The van der Waals surface area contributed by atoms with Crippen molar-refractivity contribution in [3.8, 4) is 22.8 Å². The van der Waals surface area contributed by atoms with E-state index >= 15 is 0 Å². The molecule has 0 radical (unpaired) electrons. The number of carbonyl (C=O) groups is 1. The lowest BCUT2D eigenvalue weighted by atomic mass is 9.92. The number of nitrogens with two attached hydrogens (primary N) is 1. The first kappa shape index (κ1) is 19.6. The van der Waals surface area contributed by atoms with E-state index in [2.05, 4.69) is 14.1 Å². The molecule has 5 nitrogen and oxygen atoms in total. The van der Waals surface area contributed by atoms with Crippen LogP contribution in [0.2, 0.25) is 0 Å². The van der Waals surface area contributed by atoms with Gasteiger partial charge in [0.1, 0.15) is 11.5 Å². The number of ether oxygens (including phenoxy) is 1. The summed E-state index contributed by atoms with van der Waals surface area (Å²) in [6.45, 7) is 2.05. The van der Waals surface area contributed by atoms with Crippen molar-refractivity contribution in [1.82, 2.24) is 9.65 Å². The number of hydrogen-bond donors (Lipinski definition) is 1. The molecule has 1 aliphatic rings. The van der Waals surface area contributed by atoms with Crippen molar-refractivity contribution in [3.05, 3.63) is 78.0 Å². The van der Waals surface area contributed by atoms with Crippen molar-refractivity contribution in [1.29, 1.82) is 0 Å². The van der Waals surface area contributed by atoms with Gasteiger partial charge in [-0.25, -0.2) is 0 Å². The fraction of sp³-hybridized carbons (Fsp3) is 0.217. The zero-order valence-corrected chi connectivity index (χ0v) is 17.3. The quantitative estimate of drug-likeness (QED) is 0.630. The lowest BCUT2D eigenvalue weighted by molar-refractivity contribution is 0.100. The van der Waals surface area contributed by atoms with Gasteiger partial charge in [0.25, 0.3) is 5.91 Å². The number of aromatic nitrogens is 1. The Morgan fingerprint density at radius 1 is 0.966 bits per heavy atom. The van der Waals surface area contributed by atoms with Crippen LogP contribution in [0.5, 0.6) is 11.5 Å². The average Bonchev–Trinajstić information content (AvgIpc) is 2.75. The van der Waals surface area contributed by atoms with Gasteiger partial charge in [-0.15, -0.1) is 0 Å². The number of benzene rings is 2. The Bertz CT molecular complexity index is 985. The highest BCUT2D eigenvalue weighted by Gasteiger charge is 2.22. The van der Waals surface area contributed by atoms with Gasteiger partial charge in [-0.1, -0.05) is 27.6 Å². The standard InChI is InChI=1S/C23H24N3O2P/c24-23(27)20-10-11-21(16-12-14-26(29)15-13-16)25-22(20)17-6-8-19(9-7-17)28-18-4-2-1-3-5-18/h1-11,16H,12-15,29H2,(H2,24,27). The average molecular weight is 405 g/mol. The first-order chi connectivity index (χ1) is 14.1. The second-order valence-electron chi connectivity index (χ2n) is 7.25. The number of rotatable bonds is 5. The number of pyridine rings is 1. The fourth-order valence-electron chi connectivity index (χ4n) is 3.62. The zero-order chi connectivity index (χ0) is 20.2. The van der Waals surface area contributed by atoms with Gasteiger partial charge in [-0.3, -0.25) is 14.4 Å². The predicted octanol–water partition coefficient (Wildman–Crippen LogP) is 4.61. The second kappa shape index (κ2) is 8.73. The summed E-state index contributed by atoms with van der Waals surface area (Å²) in [7, 11) is 2.76. The van der Waals surface area contributed by atoms with E-state index in [1.807, 2.05) is 60.7 Å². The van der Waals surface area contributed by atoms with E-state index in [0.717, 1.165) is 48.7 Å². The SMILES string of the molecule is NC(=O)c1ccc(C2CCN(P)CC2)nc1-c1ccc(Oc2ccccc2)cc1. The van der Waals surface area contributed by atoms with Gasteiger partial charge in [-0.2, -0.15) is 0 Å². The molecule has 6 heteroatoms.